The standard InChI is InChI=1S/C21H32N2O2/c1-16(2)22-12-14-23(15-13-22)21(25)19-10-8-18(9-11-19)20(24)17-6-4-3-5-7-17/h8-11,16-17,20,24H,3-7,12-15H2,1-2H3. The lowest BCUT2D eigenvalue weighted by atomic mass is 9.82. The first-order valence-corrected chi connectivity index (χ1v) is 9.87. The molecule has 0 aromatic heterocycles. The van der Waals surface area contributed by atoms with Crippen molar-refractivity contribution in [3.63, 3.8) is 0 Å². The minimum absolute atomic E-state index is 0.113. The van der Waals surface area contributed by atoms with Crippen LogP contribution < -0.4 is 0 Å². The molecule has 1 saturated carbocycles. The van der Waals surface area contributed by atoms with Gasteiger partial charge in [-0.15, -0.1) is 0 Å². The number of aliphatic hydroxyl groups is 1. The van der Waals surface area contributed by atoms with Crippen LogP contribution in [-0.4, -0.2) is 53.0 Å². The van der Waals surface area contributed by atoms with Crippen LogP contribution in [0.1, 0.15) is 68.0 Å². The molecule has 4 heteroatoms. The minimum Gasteiger partial charge on any atom is -0.388 e. The Labute approximate surface area is 151 Å². The first kappa shape index (κ1) is 18.4. The molecule has 1 aromatic carbocycles. The van der Waals surface area contributed by atoms with Crippen LogP contribution in [0.15, 0.2) is 24.3 Å². The van der Waals surface area contributed by atoms with Gasteiger partial charge in [0.2, 0.25) is 0 Å². The maximum absolute atomic E-state index is 12.7. The van der Waals surface area contributed by atoms with Gasteiger partial charge in [0.15, 0.2) is 0 Å². The van der Waals surface area contributed by atoms with E-state index in [1.54, 1.807) is 0 Å². The zero-order valence-electron chi connectivity index (χ0n) is 15.7. The molecule has 4 nitrogen and oxygen atoms in total. The Kier molecular flexibility index (Phi) is 6.13. The number of piperazine rings is 1. The first-order valence-electron chi connectivity index (χ1n) is 9.87. The van der Waals surface area contributed by atoms with Crippen LogP contribution in [0.5, 0.6) is 0 Å². The summed E-state index contributed by atoms with van der Waals surface area (Å²) in [7, 11) is 0. The van der Waals surface area contributed by atoms with E-state index in [1.807, 2.05) is 29.2 Å². The van der Waals surface area contributed by atoms with E-state index in [0.29, 0.717) is 12.0 Å². The largest absolute Gasteiger partial charge is 0.388 e. The number of rotatable bonds is 4. The summed E-state index contributed by atoms with van der Waals surface area (Å²) >= 11 is 0. The van der Waals surface area contributed by atoms with Gasteiger partial charge in [0, 0.05) is 37.8 Å². The zero-order valence-corrected chi connectivity index (χ0v) is 15.7. The SMILES string of the molecule is CC(C)N1CCN(C(=O)c2ccc(C(O)C3CCCCC3)cc2)CC1. The van der Waals surface area contributed by atoms with Gasteiger partial charge in [-0.2, -0.15) is 0 Å². The average Bonchev–Trinajstić information content (AvgIpc) is 2.67. The van der Waals surface area contributed by atoms with Crippen molar-refractivity contribution in [2.45, 2.75) is 58.1 Å². The van der Waals surface area contributed by atoms with Gasteiger partial charge in [0.1, 0.15) is 0 Å². The lowest BCUT2D eigenvalue weighted by Gasteiger charge is -2.37. The van der Waals surface area contributed by atoms with Gasteiger partial charge in [0.25, 0.3) is 5.91 Å². The van der Waals surface area contributed by atoms with Gasteiger partial charge in [-0.3, -0.25) is 9.69 Å². The van der Waals surface area contributed by atoms with E-state index in [9.17, 15) is 9.90 Å². The van der Waals surface area contributed by atoms with E-state index < -0.39 is 0 Å². The highest BCUT2D eigenvalue weighted by molar-refractivity contribution is 5.94. The molecule has 1 aliphatic carbocycles. The number of hydrogen-bond acceptors (Lipinski definition) is 3. The Balaban J connectivity index is 1.59. The van der Waals surface area contributed by atoms with Crippen molar-refractivity contribution in [3.05, 3.63) is 35.4 Å². The van der Waals surface area contributed by atoms with Gasteiger partial charge < -0.3 is 10.0 Å². The van der Waals surface area contributed by atoms with Crippen LogP contribution >= 0.6 is 0 Å². The molecule has 2 aliphatic rings. The maximum atomic E-state index is 12.7. The highest BCUT2D eigenvalue weighted by atomic mass is 16.3. The Morgan fingerprint density at radius 3 is 2.16 bits per heavy atom. The summed E-state index contributed by atoms with van der Waals surface area (Å²) in [6, 6.07) is 8.20. The fourth-order valence-corrected chi connectivity index (χ4v) is 4.17. The molecule has 0 spiro atoms. The second-order valence-electron chi connectivity index (χ2n) is 7.89. The molecule has 1 unspecified atom stereocenters. The smallest absolute Gasteiger partial charge is 0.253 e. The molecule has 0 bridgehead atoms. The molecule has 1 saturated heterocycles. The fourth-order valence-electron chi connectivity index (χ4n) is 4.17. The zero-order chi connectivity index (χ0) is 17.8. The summed E-state index contributed by atoms with van der Waals surface area (Å²) < 4.78 is 0. The summed E-state index contributed by atoms with van der Waals surface area (Å²) in [4.78, 5) is 17.1. The van der Waals surface area contributed by atoms with Crippen molar-refractivity contribution in [2.24, 2.45) is 5.92 Å². The van der Waals surface area contributed by atoms with E-state index in [1.165, 1.54) is 19.3 Å². The minimum atomic E-state index is -0.390. The molecule has 3 rings (SSSR count). The van der Waals surface area contributed by atoms with E-state index in [-0.39, 0.29) is 12.0 Å². The van der Waals surface area contributed by atoms with Crippen molar-refractivity contribution in [3.8, 4) is 0 Å². The number of carbonyl (C=O) groups is 1. The molecule has 2 fully saturated rings. The lowest BCUT2D eigenvalue weighted by molar-refractivity contribution is 0.0595. The van der Waals surface area contributed by atoms with Crippen molar-refractivity contribution in [2.75, 3.05) is 26.2 Å². The van der Waals surface area contributed by atoms with Crippen LogP contribution in [0.2, 0.25) is 0 Å². The third kappa shape index (κ3) is 4.42. The third-order valence-electron chi connectivity index (χ3n) is 5.93. The Hall–Kier alpha value is -1.39. The highest BCUT2D eigenvalue weighted by Crippen LogP contribution is 2.34. The van der Waals surface area contributed by atoms with Crippen LogP contribution in [-0.2, 0) is 0 Å². The van der Waals surface area contributed by atoms with Crippen LogP contribution in [0, 0.1) is 5.92 Å². The van der Waals surface area contributed by atoms with Crippen molar-refractivity contribution < 1.29 is 9.90 Å². The average molecular weight is 344 g/mol. The molecule has 1 aliphatic heterocycles. The van der Waals surface area contributed by atoms with Gasteiger partial charge in [-0.1, -0.05) is 31.4 Å². The van der Waals surface area contributed by atoms with Gasteiger partial charge >= 0.3 is 0 Å². The Morgan fingerprint density at radius 1 is 1.00 bits per heavy atom. The molecular formula is C21H32N2O2. The molecule has 1 N–H and O–H groups in total. The van der Waals surface area contributed by atoms with Gasteiger partial charge in [0.05, 0.1) is 6.10 Å². The van der Waals surface area contributed by atoms with Gasteiger partial charge in [-0.25, -0.2) is 0 Å². The quantitative estimate of drug-likeness (QED) is 0.909. The summed E-state index contributed by atoms with van der Waals surface area (Å²) in [5.74, 6) is 0.488. The summed E-state index contributed by atoms with van der Waals surface area (Å²) in [6.45, 7) is 7.89. The normalized spacial score (nSPS) is 21.5. The molecule has 1 aromatic rings. The molecule has 138 valence electrons. The molecule has 1 heterocycles. The topological polar surface area (TPSA) is 43.8 Å². The second kappa shape index (κ2) is 8.33. The fraction of sp³-hybridized carbons (Fsp3) is 0.667. The van der Waals surface area contributed by atoms with Crippen LogP contribution in [0.3, 0.4) is 0 Å². The number of carbonyl (C=O) groups excluding carboxylic acids is 1. The van der Waals surface area contributed by atoms with E-state index in [2.05, 4.69) is 18.7 Å². The Morgan fingerprint density at radius 2 is 1.60 bits per heavy atom. The molecule has 1 amide bonds. The highest BCUT2D eigenvalue weighted by Gasteiger charge is 2.25. The predicted octanol–water partition coefficient (Wildman–Crippen LogP) is 3.47. The lowest BCUT2D eigenvalue weighted by Crippen LogP contribution is -2.50. The molecule has 25 heavy (non-hydrogen) atoms. The van der Waals surface area contributed by atoms with E-state index in [0.717, 1.165) is 50.1 Å². The monoisotopic (exact) mass is 344 g/mol. The molecule has 0 radical (unpaired) electrons. The number of nitrogens with zero attached hydrogens (tertiary/aromatic N) is 2. The van der Waals surface area contributed by atoms with E-state index >= 15 is 0 Å². The molecule has 1 atom stereocenters. The van der Waals surface area contributed by atoms with E-state index in [4.69, 9.17) is 0 Å². The van der Waals surface area contributed by atoms with Crippen molar-refractivity contribution in [1.29, 1.82) is 0 Å². The predicted molar refractivity (Wildman–Crippen MR) is 101 cm³/mol. The number of amides is 1. The van der Waals surface area contributed by atoms with Crippen LogP contribution in [0.4, 0.5) is 0 Å². The first-order chi connectivity index (χ1) is 12.1. The number of hydrogen-bond donors (Lipinski definition) is 1. The van der Waals surface area contributed by atoms with Crippen molar-refractivity contribution in [1.82, 2.24) is 9.80 Å². The Bertz CT molecular complexity index is 556. The molecular weight excluding hydrogens is 312 g/mol. The van der Waals surface area contributed by atoms with Crippen LogP contribution in [0.25, 0.3) is 0 Å². The number of aliphatic hydroxyl groups excluding tert-OH is 1. The maximum Gasteiger partial charge on any atom is 0.253 e. The number of benzene rings is 1. The second-order valence-corrected chi connectivity index (χ2v) is 7.89. The third-order valence-corrected chi connectivity index (χ3v) is 5.93. The van der Waals surface area contributed by atoms with Crippen molar-refractivity contribution >= 4 is 5.91 Å². The van der Waals surface area contributed by atoms with Gasteiger partial charge in [-0.05, 0) is 50.3 Å². The summed E-state index contributed by atoms with van der Waals surface area (Å²) in [6.07, 6.45) is 5.57. The summed E-state index contributed by atoms with van der Waals surface area (Å²) in [5.41, 5.74) is 1.69. The summed E-state index contributed by atoms with van der Waals surface area (Å²) in [5, 5.41) is 10.6.